The lowest BCUT2D eigenvalue weighted by Gasteiger charge is -2.22. The summed E-state index contributed by atoms with van der Waals surface area (Å²) < 4.78 is -0.104. The van der Waals surface area contributed by atoms with E-state index in [9.17, 15) is 9.90 Å². The Morgan fingerprint density at radius 2 is 1.70 bits per heavy atom. The van der Waals surface area contributed by atoms with E-state index in [1.165, 1.54) is 11.8 Å². The van der Waals surface area contributed by atoms with E-state index in [4.69, 9.17) is 0 Å². The molecule has 0 fully saturated rings. The number of nitrogens with one attached hydrogen (secondary N) is 1. The molecule has 0 saturated carbocycles. The molecule has 0 spiro atoms. The topological polar surface area (TPSA) is 49.3 Å². The Bertz CT molecular complexity index is 650. The van der Waals surface area contributed by atoms with Gasteiger partial charge in [0.25, 0.3) is 0 Å². The van der Waals surface area contributed by atoms with Crippen molar-refractivity contribution in [2.45, 2.75) is 38.0 Å². The van der Waals surface area contributed by atoms with Crippen LogP contribution in [0.1, 0.15) is 38.8 Å². The Hall–Kier alpha value is -1.94. The molecule has 2 rings (SSSR count). The maximum absolute atomic E-state index is 12.4. The first-order chi connectivity index (χ1) is 10.8. The molecule has 2 aromatic carbocycles. The number of anilines is 1. The third-order valence-corrected chi connectivity index (χ3v) is 4.23. The Balaban J connectivity index is 2.19. The van der Waals surface area contributed by atoms with E-state index in [2.05, 4.69) is 5.32 Å². The van der Waals surface area contributed by atoms with Crippen molar-refractivity contribution in [2.75, 3.05) is 5.32 Å². The number of benzene rings is 2. The summed E-state index contributed by atoms with van der Waals surface area (Å²) in [5.74, 6) is 0.185. The van der Waals surface area contributed by atoms with Crippen LogP contribution in [-0.4, -0.2) is 15.0 Å². The van der Waals surface area contributed by atoms with Gasteiger partial charge in [-0.15, -0.1) is 0 Å². The minimum absolute atomic E-state index is 0.104. The van der Waals surface area contributed by atoms with Crippen LogP contribution in [0.15, 0.2) is 54.6 Å². The average Bonchev–Trinajstić information content (AvgIpc) is 2.48. The van der Waals surface area contributed by atoms with Crippen molar-refractivity contribution in [3.8, 4) is 5.75 Å². The molecule has 0 amide bonds. The van der Waals surface area contributed by atoms with Gasteiger partial charge in [0.15, 0.2) is 5.12 Å². The van der Waals surface area contributed by atoms with Gasteiger partial charge in [0, 0.05) is 11.2 Å². The van der Waals surface area contributed by atoms with Crippen molar-refractivity contribution in [3.05, 3.63) is 60.2 Å². The molecule has 2 N–H and O–H groups in total. The molecule has 0 unspecified atom stereocenters. The standard InChI is InChI=1S/C19H23NO2S/c1-19(2,3)23-18(22)13-16(14-9-5-4-6-10-14)20-15-11-7-8-12-17(15)21/h4-12,16,20-21H,13H2,1-3H3/t16-/m0/s1. The average molecular weight is 329 g/mol. The summed E-state index contributed by atoms with van der Waals surface area (Å²) in [7, 11) is 0. The van der Waals surface area contributed by atoms with Crippen LogP contribution >= 0.6 is 11.8 Å². The summed E-state index contributed by atoms with van der Waals surface area (Å²) in [4.78, 5) is 12.4. The minimum Gasteiger partial charge on any atom is -0.506 e. The first-order valence-corrected chi connectivity index (χ1v) is 8.48. The molecule has 2 aromatic rings. The van der Waals surface area contributed by atoms with E-state index >= 15 is 0 Å². The first kappa shape index (κ1) is 17.4. The van der Waals surface area contributed by atoms with Gasteiger partial charge in [0.1, 0.15) is 5.75 Å². The van der Waals surface area contributed by atoms with Gasteiger partial charge < -0.3 is 10.4 Å². The normalized spacial score (nSPS) is 12.7. The van der Waals surface area contributed by atoms with Crippen molar-refractivity contribution in [2.24, 2.45) is 0 Å². The zero-order valence-electron chi connectivity index (χ0n) is 13.7. The lowest BCUT2D eigenvalue weighted by Crippen LogP contribution is -2.18. The maximum atomic E-state index is 12.4. The van der Waals surface area contributed by atoms with Gasteiger partial charge in [-0.1, -0.05) is 75.0 Å². The van der Waals surface area contributed by atoms with Crippen LogP contribution in [0.4, 0.5) is 5.69 Å². The molecular weight excluding hydrogens is 306 g/mol. The zero-order chi connectivity index (χ0) is 16.9. The number of phenols is 1. The Labute approximate surface area is 142 Å². The quantitative estimate of drug-likeness (QED) is 0.758. The summed E-state index contributed by atoms with van der Waals surface area (Å²) in [6.07, 6.45) is 0.361. The third kappa shape index (κ3) is 5.64. The van der Waals surface area contributed by atoms with Crippen LogP contribution in [0.2, 0.25) is 0 Å². The van der Waals surface area contributed by atoms with E-state index in [0.717, 1.165) is 5.56 Å². The van der Waals surface area contributed by atoms with Crippen molar-refractivity contribution in [1.29, 1.82) is 0 Å². The second kappa shape index (κ2) is 7.55. The Morgan fingerprint density at radius 1 is 1.09 bits per heavy atom. The Morgan fingerprint density at radius 3 is 2.30 bits per heavy atom. The van der Waals surface area contributed by atoms with Crippen molar-refractivity contribution in [3.63, 3.8) is 0 Å². The number of aromatic hydroxyl groups is 1. The van der Waals surface area contributed by atoms with Crippen LogP contribution < -0.4 is 5.32 Å². The van der Waals surface area contributed by atoms with E-state index in [-0.39, 0.29) is 21.7 Å². The predicted octanol–water partition coefficient (Wildman–Crippen LogP) is 4.99. The van der Waals surface area contributed by atoms with Crippen molar-refractivity contribution >= 4 is 22.6 Å². The van der Waals surface area contributed by atoms with Gasteiger partial charge in [-0.05, 0) is 17.7 Å². The number of phenolic OH excluding ortho intramolecular Hbond substituents is 1. The molecule has 0 aromatic heterocycles. The molecule has 0 aliphatic heterocycles. The smallest absolute Gasteiger partial charge is 0.191 e. The van der Waals surface area contributed by atoms with Crippen LogP contribution in [0.5, 0.6) is 5.75 Å². The number of hydrogen-bond acceptors (Lipinski definition) is 4. The highest BCUT2D eigenvalue weighted by Crippen LogP contribution is 2.32. The number of carbonyl (C=O) groups is 1. The fourth-order valence-electron chi connectivity index (χ4n) is 2.27. The van der Waals surface area contributed by atoms with Gasteiger partial charge in [-0.2, -0.15) is 0 Å². The number of hydrogen-bond donors (Lipinski definition) is 2. The molecule has 4 heteroatoms. The summed E-state index contributed by atoms with van der Waals surface area (Å²) in [5, 5.41) is 13.4. The number of para-hydroxylation sites is 2. The zero-order valence-corrected chi connectivity index (χ0v) is 14.6. The summed E-state index contributed by atoms with van der Waals surface area (Å²) >= 11 is 1.35. The molecule has 122 valence electrons. The molecule has 0 saturated heterocycles. The van der Waals surface area contributed by atoms with Crippen LogP contribution in [0.3, 0.4) is 0 Å². The maximum Gasteiger partial charge on any atom is 0.191 e. The Kier molecular flexibility index (Phi) is 5.72. The van der Waals surface area contributed by atoms with Crippen LogP contribution in [-0.2, 0) is 4.79 Å². The predicted molar refractivity (Wildman–Crippen MR) is 97.9 cm³/mol. The largest absolute Gasteiger partial charge is 0.506 e. The summed E-state index contributed by atoms with van der Waals surface area (Å²) in [6, 6.07) is 16.8. The lowest BCUT2D eigenvalue weighted by atomic mass is 10.0. The molecule has 0 aliphatic rings. The molecule has 0 heterocycles. The summed E-state index contributed by atoms with van der Waals surface area (Å²) in [6.45, 7) is 6.09. The third-order valence-electron chi connectivity index (χ3n) is 3.23. The first-order valence-electron chi connectivity index (χ1n) is 7.66. The van der Waals surface area contributed by atoms with Crippen molar-refractivity contribution < 1.29 is 9.90 Å². The molecular formula is C19H23NO2S. The van der Waals surface area contributed by atoms with Crippen LogP contribution in [0.25, 0.3) is 0 Å². The molecule has 3 nitrogen and oxygen atoms in total. The van der Waals surface area contributed by atoms with Gasteiger partial charge in [0.2, 0.25) is 0 Å². The van der Waals surface area contributed by atoms with E-state index in [1.54, 1.807) is 12.1 Å². The number of rotatable bonds is 5. The van der Waals surface area contributed by atoms with E-state index in [1.807, 2.05) is 63.2 Å². The van der Waals surface area contributed by atoms with Gasteiger partial charge in [0.05, 0.1) is 11.7 Å². The second-order valence-corrected chi connectivity index (χ2v) is 8.30. The lowest BCUT2D eigenvalue weighted by molar-refractivity contribution is -0.111. The molecule has 0 radical (unpaired) electrons. The van der Waals surface area contributed by atoms with Gasteiger partial charge in [-0.25, -0.2) is 0 Å². The summed E-state index contributed by atoms with van der Waals surface area (Å²) in [5.41, 5.74) is 1.66. The SMILES string of the molecule is CC(C)(C)SC(=O)C[C@H](Nc1ccccc1O)c1ccccc1. The van der Waals surface area contributed by atoms with E-state index in [0.29, 0.717) is 12.1 Å². The fourth-order valence-corrected chi connectivity index (χ4v) is 3.20. The van der Waals surface area contributed by atoms with Crippen LogP contribution in [0, 0.1) is 0 Å². The number of carbonyl (C=O) groups excluding carboxylic acids is 1. The highest BCUT2D eigenvalue weighted by Gasteiger charge is 2.22. The monoisotopic (exact) mass is 329 g/mol. The van der Waals surface area contributed by atoms with E-state index < -0.39 is 0 Å². The molecule has 0 aliphatic carbocycles. The molecule has 23 heavy (non-hydrogen) atoms. The fraction of sp³-hybridized carbons (Fsp3) is 0.316. The highest BCUT2D eigenvalue weighted by molar-refractivity contribution is 8.14. The van der Waals surface area contributed by atoms with Gasteiger partial charge in [-0.3, -0.25) is 4.79 Å². The van der Waals surface area contributed by atoms with Gasteiger partial charge >= 0.3 is 0 Å². The second-order valence-electron chi connectivity index (χ2n) is 6.42. The van der Waals surface area contributed by atoms with Crippen molar-refractivity contribution in [1.82, 2.24) is 0 Å². The number of thioether (sulfide) groups is 1. The molecule has 1 atom stereocenters. The molecule has 0 bridgehead atoms. The minimum atomic E-state index is -0.174. The highest BCUT2D eigenvalue weighted by atomic mass is 32.2.